The van der Waals surface area contributed by atoms with Gasteiger partial charge in [0.05, 0.1) is 18.2 Å². The van der Waals surface area contributed by atoms with Gasteiger partial charge in [-0.2, -0.15) is 5.26 Å². The molecule has 2 aliphatic heterocycles. The summed E-state index contributed by atoms with van der Waals surface area (Å²) in [5, 5.41) is 12.4. The first-order valence-corrected chi connectivity index (χ1v) is 9.39. The molecule has 0 bridgehead atoms. The Bertz CT molecular complexity index is 835. The van der Waals surface area contributed by atoms with Crippen molar-refractivity contribution in [1.29, 1.82) is 5.26 Å². The molecule has 2 fully saturated rings. The molecular weight excluding hydrogens is 343 g/mol. The number of piperidine rings is 1. The van der Waals surface area contributed by atoms with E-state index in [2.05, 4.69) is 21.3 Å². The average molecular weight is 366 g/mol. The lowest BCUT2D eigenvalue weighted by atomic mass is 9.88. The summed E-state index contributed by atoms with van der Waals surface area (Å²) in [4.78, 5) is 6.69. The first-order chi connectivity index (χ1) is 13.1. The molecule has 0 radical (unpaired) electrons. The van der Waals surface area contributed by atoms with E-state index in [0.717, 1.165) is 50.3 Å². The molecule has 2 aromatic rings. The summed E-state index contributed by atoms with van der Waals surface area (Å²) >= 11 is 0. The lowest BCUT2D eigenvalue weighted by molar-refractivity contribution is -0.0533. The standard InChI is InChI=1S/C21H23FN4O/c22-17-7-5-16(6-8-17)13-26-10-2-9-21(15-26)11-19(14-27-21)25-20-4-1-3-18(12-23)24-20/h1,3-8,19H,2,9-11,13-15H2,(H,24,25)/t19-,21+/m1/s1. The van der Waals surface area contributed by atoms with Crippen LogP contribution < -0.4 is 5.32 Å². The van der Waals surface area contributed by atoms with Crippen LogP contribution in [0.1, 0.15) is 30.5 Å². The number of hydrogen-bond donors (Lipinski definition) is 1. The third-order valence-electron chi connectivity index (χ3n) is 5.36. The number of anilines is 1. The quantitative estimate of drug-likeness (QED) is 0.899. The Morgan fingerprint density at radius 3 is 2.96 bits per heavy atom. The van der Waals surface area contributed by atoms with Gasteiger partial charge in [0, 0.05) is 19.5 Å². The monoisotopic (exact) mass is 366 g/mol. The van der Waals surface area contributed by atoms with Gasteiger partial charge in [-0.3, -0.25) is 4.90 Å². The first kappa shape index (κ1) is 17.9. The zero-order valence-electron chi connectivity index (χ0n) is 15.2. The van der Waals surface area contributed by atoms with E-state index in [0.29, 0.717) is 12.3 Å². The highest BCUT2D eigenvalue weighted by Gasteiger charge is 2.43. The number of pyridine rings is 1. The summed E-state index contributed by atoms with van der Waals surface area (Å²) in [5.41, 5.74) is 1.40. The van der Waals surface area contributed by atoms with Crippen molar-refractivity contribution >= 4 is 5.82 Å². The Kier molecular flexibility index (Phi) is 5.06. The lowest BCUT2D eigenvalue weighted by Gasteiger charge is -2.39. The van der Waals surface area contributed by atoms with Crippen LogP contribution in [-0.4, -0.2) is 41.2 Å². The van der Waals surface area contributed by atoms with Gasteiger partial charge in [-0.05, 0) is 49.2 Å². The van der Waals surface area contributed by atoms with Crippen LogP contribution in [0.5, 0.6) is 0 Å². The second-order valence-corrected chi connectivity index (χ2v) is 7.50. The fourth-order valence-corrected chi connectivity index (χ4v) is 4.18. The van der Waals surface area contributed by atoms with Crippen molar-refractivity contribution in [3.63, 3.8) is 0 Å². The van der Waals surface area contributed by atoms with Crippen molar-refractivity contribution in [2.45, 2.75) is 37.5 Å². The van der Waals surface area contributed by atoms with Crippen LogP contribution in [0.2, 0.25) is 0 Å². The van der Waals surface area contributed by atoms with Crippen molar-refractivity contribution < 1.29 is 9.13 Å². The predicted molar refractivity (Wildman–Crippen MR) is 101 cm³/mol. The van der Waals surface area contributed by atoms with Crippen LogP contribution in [0.15, 0.2) is 42.5 Å². The van der Waals surface area contributed by atoms with Gasteiger partial charge in [0.2, 0.25) is 0 Å². The molecule has 27 heavy (non-hydrogen) atoms. The molecule has 0 unspecified atom stereocenters. The third-order valence-corrected chi connectivity index (χ3v) is 5.36. The molecule has 1 N–H and O–H groups in total. The van der Waals surface area contributed by atoms with Gasteiger partial charge in [-0.1, -0.05) is 18.2 Å². The summed E-state index contributed by atoms with van der Waals surface area (Å²) in [6.45, 7) is 3.37. The Balaban J connectivity index is 1.37. The van der Waals surface area contributed by atoms with Gasteiger partial charge in [0.1, 0.15) is 23.4 Å². The van der Waals surface area contributed by atoms with E-state index in [1.165, 1.54) is 12.1 Å². The molecule has 0 saturated carbocycles. The summed E-state index contributed by atoms with van der Waals surface area (Å²) in [6.07, 6.45) is 3.07. The fourth-order valence-electron chi connectivity index (χ4n) is 4.18. The highest BCUT2D eigenvalue weighted by molar-refractivity contribution is 5.39. The number of ether oxygens (including phenoxy) is 1. The number of nitriles is 1. The Hall–Kier alpha value is -2.49. The zero-order valence-corrected chi connectivity index (χ0v) is 15.2. The van der Waals surface area contributed by atoms with E-state index in [1.54, 1.807) is 6.07 Å². The lowest BCUT2D eigenvalue weighted by Crippen LogP contribution is -2.47. The van der Waals surface area contributed by atoms with Crippen molar-refractivity contribution in [1.82, 2.24) is 9.88 Å². The molecule has 2 atom stereocenters. The SMILES string of the molecule is N#Cc1cccc(N[C@H]2CO[C@@]3(CCCN(Cc4ccc(F)cc4)C3)C2)n1. The van der Waals surface area contributed by atoms with E-state index in [-0.39, 0.29) is 17.5 Å². The number of aromatic nitrogens is 1. The van der Waals surface area contributed by atoms with Crippen LogP contribution in [-0.2, 0) is 11.3 Å². The van der Waals surface area contributed by atoms with Crippen LogP contribution in [0.25, 0.3) is 0 Å². The van der Waals surface area contributed by atoms with E-state index in [1.807, 2.05) is 24.3 Å². The van der Waals surface area contributed by atoms with Crippen LogP contribution in [0.3, 0.4) is 0 Å². The predicted octanol–water partition coefficient (Wildman–Crippen LogP) is 3.33. The number of hydrogen-bond acceptors (Lipinski definition) is 5. The summed E-state index contributed by atoms with van der Waals surface area (Å²) in [7, 11) is 0. The molecule has 5 nitrogen and oxygen atoms in total. The van der Waals surface area contributed by atoms with Crippen LogP contribution in [0.4, 0.5) is 10.2 Å². The maximum Gasteiger partial charge on any atom is 0.142 e. The smallest absolute Gasteiger partial charge is 0.142 e. The highest BCUT2D eigenvalue weighted by Crippen LogP contribution is 2.36. The van der Waals surface area contributed by atoms with Crippen molar-refractivity contribution in [2.75, 3.05) is 25.0 Å². The summed E-state index contributed by atoms with van der Waals surface area (Å²) < 4.78 is 19.4. The van der Waals surface area contributed by atoms with E-state index in [9.17, 15) is 4.39 Å². The molecule has 0 amide bonds. The molecule has 1 aromatic heterocycles. The molecule has 140 valence electrons. The molecule has 0 aliphatic carbocycles. The molecular formula is C21H23FN4O. The van der Waals surface area contributed by atoms with Crippen molar-refractivity contribution in [3.05, 3.63) is 59.5 Å². The van der Waals surface area contributed by atoms with Gasteiger partial charge in [0.15, 0.2) is 0 Å². The number of benzene rings is 1. The second kappa shape index (κ2) is 7.63. The van der Waals surface area contributed by atoms with Gasteiger partial charge in [-0.15, -0.1) is 0 Å². The molecule has 3 heterocycles. The number of likely N-dealkylation sites (tertiary alicyclic amines) is 1. The number of rotatable bonds is 4. The Morgan fingerprint density at radius 2 is 2.15 bits per heavy atom. The summed E-state index contributed by atoms with van der Waals surface area (Å²) in [6, 6.07) is 14.4. The van der Waals surface area contributed by atoms with E-state index < -0.39 is 0 Å². The number of halogens is 1. The minimum Gasteiger partial charge on any atom is -0.371 e. The Labute approximate surface area is 158 Å². The highest BCUT2D eigenvalue weighted by atomic mass is 19.1. The molecule has 2 saturated heterocycles. The fraction of sp³-hybridized carbons (Fsp3) is 0.429. The average Bonchev–Trinajstić information content (AvgIpc) is 3.05. The number of nitrogens with zero attached hydrogens (tertiary/aromatic N) is 3. The minimum atomic E-state index is -0.198. The number of nitrogens with one attached hydrogen (secondary N) is 1. The molecule has 2 aliphatic rings. The largest absolute Gasteiger partial charge is 0.371 e. The van der Waals surface area contributed by atoms with Gasteiger partial charge >= 0.3 is 0 Å². The second-order valence-electron chi connectivity index (χ2n) is 7.50. The van der Waals surface area contributed by atoms with Gasteiger partial charge < -0.3 is 10.1 Å². The molecule has 4 rings (SSSR count). The molecule has 1 spiro atoms. The summed E-state index contributed by atoms with van der Waals surface area (Å²) in [5.74, 6) is 0.523. The van der Waals surface area contributed by atoms with Crippen LogP contribution >= 0.6 is 0 Å². The topological polar surface area (TPSA) is 61.2 Å². The Morgan fingerprint density at radius 1 is 1.30 bits per heavy atom. The van der Waals surface area contributed by atoms with Gasteiger partial charge in [-0.25, -0.2) is 9.37 Å². The third kappa shape index (κ3) is 4.26. The van der Waals surface area contributed by atoms with Crippen LogP contribution in [0, 0.1) is 17.1 Å². The maximum absolute atomic E-state index is 13.1. The maximum atomic E-state index is 13.1. The molecule has 1 aromatic carbocycles. The van der Waals surface area contributed by atoms with Crippen molar-refractivity contribution in [3.8, 4) is 6.07 Å². The zero-order chi connectivity index (χ0) is 18.7. The van der Waals surface area contributed by atoms with Gasteiger partial charge in [0.25, 0.3) is 0 Å². The minimum absolute atomic E-state index is 0.136. The normalized spacial score (nSPS) is 25.4. The van der Waals surface area contributed by atoms with Crippen molar-refractivity contribution in [2.24, 2.45) is 0 Å². The van der Waals surface area contributed by atoms with E-state index in [4.69, 9.17) is 10.00 Å². The van der Waals surface area contributed by atoms with E-state index >= 15 is 0 Å². The molecule has 6 heteroatoms. The first-order valence-electron chi connectivity index (χ1n) is 9.39.